The molecule has 2 unspecified atom stereocenters. The van der Waals surface area contributed by atoms with Crippen LogP contribution in [0, 0.1) is 18.3 Å². The summed E-state index contributed by atoms with van der Waals surface area (Å²) in [6.45, 7) is -1.20. The number of alkyl halides is 1. The average molecular weight is 300 g/mol. The maximum Gasteiger partial charge on any atom is 0.330 e. The van der Waals surface area contributed by atoms with Gasteiger partial charge < -0.3 is 20.1 Å². The highest BCUT2D eigenvalue weighted by molar-refractivity contribution is 5.07. The minimum atomic E-state index is -2.89. The molecule has 0 spiro atoms. The van der Waals surface area contributed by atoms with Crippen LogP contribution in [0.2, 0.25) is 0 Å². The van der Waals surface area contributed by atoms with E-state index in [1.807, 2.05) is 10.9 Å². The number of hydrogen-bond donors (Lipinski definition) is 4. The predicted molar refractivity (Wildman–Crippen MR) is 66.7 cm³/mol. The number of ether oxygens (including phenoxy) is 1. The second kappa shape index (κ2) is 5.42. The van der Waals surface area contributed by atoms with Gasteiger partial charge in [0.25, 0.3) is 11.4 Å². The van der Waals surface area contributed by atoms with E-state index in [1.165, 1.54) is 0 Å². The van der Waals surface area contributed by atoms with Gasteiger partial charge in [0.2, 0.25) is 0 Å². The van der Waals surface area contributed by atoms with Crippen LogP contribution in [0.1, 0.15) is 6.23 Å². The fourth-order valence-corrected chi connectivity index (χ4v) is 2.23. The van der Waals surface area contributed by atoms with Crippen molar-refractivity contribution in [3.63, 3.8) is 0 Å². The zero-order valence-electron chi connectivity index (χ0n) is 10.6. The van der Waals surface area contributed by atoms with Gasteiger partial charge in [-0.2, -0.15) is 0 Å². The summed E-state index contributed by atoms with van der Waals surface area (Å²) in [5.74, 6) is -2.38. The van der Waals surface area contributed by atoms with Crippen molar-refractivity contribution in [1.29, 1.82) is 0 Å². The van der Waals surface area contributed by atoms with Gasteiger partial charge in [-0.15, -0.1) is 6.42 Å². The number of aromatic nitrogens is 2. The van der Waals surface area contributed by atoms with E-state index in [-0.39, 0.29) is 0 Å². The molecule has 2 heterocycles. The van der Waals surface area contributed by atoms with Crippen LogP contribution >= 0.6 is 0 Å². The van der Waals surface area contributed by atoms with Crippen molar-refractivity contribution >= 4 is 0 Å². The van der Waals surface area contributed by atoms with E-state index in [2.05, 4.69) is 0 Å². The second-order valence-electron chi connectivity index (χ2n) is 4.60. The summed E-state index contributed by atoms with van der Waals surface area (Å²) >= 11 is 0. The molecule has 114 valence electrons. The SMILES string of the molecule is C#CC(O)C1[C@H](n2ccc(=O)[nH]c2=O)O[C@](F)(CO)[C@H]1O. The normalized spacial score (nSPS) is 33.6. The smallest absolute Gasteiger partial charge is 0.330 e. The van der Waals surface area contributed by atoms with E-state index < -0.39 is 48.1 Å². The summed E-state index contributed by atoms with van der Waals surface area (Å²) < 4.78 is 19.9. The number of aromatic amines is 1. The number of hydrogen-bond acceptors (Lipinski definition) is 6. The molecule has 1 aliphatic rings. The molecule has 2 rings (SSSR count). The van der Waals surface area contributed by atoms with Crippen molar-refractivity contribution in [2.45, 2.75) is 24.3 Å². The molecule has 0 radical (unpaired) electrons. The number of aliphatic hydroxyl groups is 3. The van der Waals surface area contributed by atoms with E-state index in [4.69, 9.17) is 16.3 Å². The Hall–Kier alpha value is -1.99. The van der Waals surface area contributed by atoms with Crippen LogP contribution in [0.25, 0.3) is 0 Å². The molecule has 4 N–H and O–H groups in total. The van der Waals surface area contributed by atoms with E-state index in [9.17, 15) is 24.2 Å². The lowest BCUT2D eigenvalue weighted by Crippen LogP contribution is -2.43. The first-order valence-electron chi connectivity index (χ1n) is 5.95. The highest BCUT2D eigenvalue weighted by Gasteiger charge is 2.58. The molecule has 0 amide bonds. The summed E-state index contributed by atoms with van der Waals surface area (Å²) in [5.41, 5.74) is -1.62. The molecular weight excluding hydrogens is 287 g/mol. The first-order chi connectivity index (χ1) is 9.84. The molecule has 0 aliphatic carbocycles. The molecule has 0 saturated carbocycles. The predicted octanol–water partition coefficient (Wildman–Crippen LogP) is -2.31. The molecule has 1 aliphatic heterocycles. The molecule has 1 saturated heterocycles. The maximum absolute atomic E-state index is 14.2. The van der Waals surface area contributed by atoms with E-state index >= 15 is 0 Å². The van der Waals surface area contributed by atoms with Crippen LogP contribution in [0.5, 0.6) is 0 Å². The number of aliphatic hydroxyl groups excluding tert-OH is 3. The third kappa shape index (κ3) is 2.50. The standard InChI is InChI=1S/C12H13FN2O6/c1-2-6(17)8-9(19)12(13,5-16)21-10(8)15-4-3-7(18)14-11(15)20/h1,3-4,6,8-10,16-17,19H,5H2,(H,14,18,20)/t6?,8?,9-,10+,12+/m0/s1. The summed E-state index contributed by atoms with van der Waals surface area (Å²) in [6.07, 6.45) is 0.976. The summed E-state index contributed by atoms with van der Waals surface area (Å²) in [4.78, 5) is 24.7. The second-order valence-corrected chi connectivity index (χ2v) is 4.60. The molecule has 21 heavy (non-hydrogen) atoms. The Morgan fingerprint density at radius 3 is 2.81 bits per heavy atom. The lowest BCUT2D eigenvalue weighted by Gasteiger charge is -2.23. The Labute approximate surface area is 117 Å². The third-order valence-electron chi connectivity index (χ3n) is 3.33. The van der Waals surface area contributed by atoms with Gasteiger partial charge in [-0.1, -0.05) is 5.92 Å². The molecule has 5 atom stereocenters. The molecule has 1 fully saturated rings. The van der Waals surface area contributed by atoms with Crippen molar-refractivity contribution < 1.29 is 24.4 Å². The van der Waals surface area contributed by atoms with Gasteiger partial charge in [-0.25, -0.2) is 9.18 Å². The Morgan fingerprint density at radius 2 is 2.29 bits per heavy atom. The van der Waals surface area contributed by atoms with Crippen molar-refractivity contribution in [2.75, 3.05) is 6.61 Å². The number of nitrogens with one attached hydrogen (secondary N) is 1. The Balaban J connectivity index is 2.52. The Morgan fingerprint density at radius 1 is 1.62 bits per heavy atom. The molecule has 0 aromatic carbocycles. The van der Waals surface area contributed by atoms with Gasteiger partial charge in [0.1, 0.15) is 18.8 Å². The first-order valence-corrected chi connectivity index (χ1v) is 5.95. The van der Waals surface area contributed by atoms with Gasteiger partial charge in [0.05, 0.1) is 5.92 Å². The quantitative estimate of drug-likeness (QED) is 0.465. The molecule has 8 nitrogen and oxygen atoms in total. The third-order valence-corrected chi connectivity index (χ3v) is 3.33. The number of H-pyrrole nitrogens is 1. The van der Waals surface area contributed by atoms with Crippen molar-refractivity contribution in [2.24, 2.45) is 5.92 Å². The van der Waals surface area contributed by atoms with Gasteiger partial charge in [0.15, 0.2) is 6.23 Å². The first kappa shape index (κ1) is 15.4. The number of terminal acetylenes is 1. The summed E-state index contributed by atoms with van der Waals surface area (Å²) in [5, 5.41) is 28.6. The highest BCUT2D eigenvalue weighted by Crippen LogP contribution is 2.43. The lowest BCUT2D eigenvalue weighted by molar-refractivity contribution is -0.207. The van der Waals surface area contributed by atoms with Crippen LogP contribution in [-0.2, 0) is 4.74 Å². The zero-order chi connectivity index (χ0) is 15.8. The molecule has 0 bridgehead atoms. The lowest BCUT2D eigenvalue weighted by atomic mass is 9.93. The minimum Gasteiger partial charge on any atom is -0.390 e. The largest absolute Gasteiger partial charge is 0.390 e. The van der Waals surface area contributed by atoms with Gasteiger partial charge >= 0.3 is 5.69 Å². The zero-order valence-corrected chi connectivity index (χ0v) is 10.6. The molecular formula is C12H13FN2O6. The van der Waals surface area contributed by atoms with E-state index in [0.717, 1.165) is 16.8 Å². The van der Waals surface area contributed by atoms with Crippen LogP contribution < -0.4 is 11.2 Å². The summed E-state index contributed by atoms with van der Waals surface area (Å²) in [7, 11) is 0. The molecule has 1 aromatic rings. The van der Waals surface area contributed by atoms with Crippen molar-refractivity contribution in [3.8, 4) is 12.3 Å². The number of nitrogens with zero attached hydrogens (tertiary/aromatic N) is 1. The van der Waals surface area contributed by atoms with Crippen LogP contribution in [0.15, 0.2) is 21.9 Å². The van der Waals surface area contributed by atoms with E-state index in [0.29, 0.717) is 0 Å². The summed E-state index contributed by atoms with van der Waals surface area (Å²) in [6, 6.07) is 0.980. The topological polar surface area (TPSA) is 125 Å². The number of halogens is 1. The van der Waals surface area contributed by atoms with Crippen molar-refractivity contribution in [1.82, 2.24) is 9.55 Å². The van der Waals surface area contributed by atoms with Gasteiger partial charge in [-0.3, -0.25) is 14.3 Å². The fourth-order valence-electron chi connectivity index (χ4n) is 2.23. The van der Waals surface area contributed by atoms with Crippen LogP contribution in [-0.4, -0.2) is 49.5 Å². The van der Waals surface area contributed by atoms with E-state index in [1.54, 1.807) is 0 Å². The maximum atomic E-state index is 14.2. The van der Waals surface area contributed by atoms with Crippen LogP contribution in [0.3, 0.4) is 0 Å². The average Bonchev–Trinajstić information content (AvgIpc) is 2.71. The van der Waals surface area contributed by atoms with Gasteiger partial charge in [-0.05, 0) is 0 Å². The monoisotopic (exact) mass is 300 g/mol. The fraction of sp³-hybridized carbons (Fsp3) is 0.500. The van der Waals surface area contributed by atoms with Crippen molar-refractivity contribution in [3.05, 3.63) is 33.1 Å². The Bertz CT molecular complexity index is 679. The minimum absolute atomic E-state index is 0.683. The Kier molecular flexibility index (Phi) is 3.97. The highest BCUT2D eigenvalue weighted by atomic mass is 19.2. The number of rotatable bonds is 3. The van der Waals surface area contributed by atoms with Gasteiger partial charge in [0, 0.05) is 12.3 Å². The molecule has 1 aromatic heterocycles. The molecule has 9 heteroatoms. The van der Waals surface area contributed by atoms with Crippen LogP contribution in [0.4, 0.5) is 4.39 Å².